The van der Waals surface area contributed by atoms with Gasteiger partial charge in [-0.15, -0.1) is 0 Å². The molecule has 2 aromatic rings. The Hall–Kier alpha value is -2.05. The Labute approximate surface area is 142 Å². The summed E-state index contributed by atoms with van der Waals surface area (Å²) in [7, 11) is 0. The third-order valence-electron chi connectivity index (χ3n) is 5.15. The summed E-state index contributed by atoms with van der Waals surface area (Å²) in [5.41, 5.74) is 2.92. The molecule has 0 aromatic carbocycles. The van der Waals surface area contributed by atoms with E-state index in [1.807, 2.05) is 25.1 Å². The predicted molar refractivity (Wildman–Crippen MR) is 92.9 cm³/mol. The molecule has 2 aromatic heterocycles. The molecule has 0 amide bonds. The van der Waals surface area contributed by atoms with E-state index in [0.717, 1.165) is 55.4 Å². The van der Waals surface area contributed by atoms with Crippen molar-refractivity contribution in [2.45, 2.75) is 32.4 Å². The Balaban J connectivity index is 1.66. The standard InChI is InChI=1S/C18H23N5O/c1-12-13(2)20-17(16-5-3-4-6-19-16)21-18(12)23-8-7-22-11-15(24)9-14(22)10-23/h3-6,14-15,24H,7-11H2,1-2H3/t14-,15+/m0/s1. The second-order valence-corrected chi connectivity index (χ2v) is 6.78. The van der Waals surface area contributed by atoms with Crippen molar-refractivity contribution in [1.29, 1.82) is 0 Å². The van der Waals surface area contributed by atoms with Gasteiger partial charge in [0.25, 0.3) is 0 Å². The zero-order chi connectivity index (χ0) is 16.7. The molecule has 4 heterocycles. The molecule has 0 unspecified atom stereocenters. The van der Waals surface area contributed by atoms with Crippen LogP contribution in [0.3, 0.4) is 0 Å². The van der Waals surface area contributed by atoms with Gasteiger partial charge in [0, 0.05) is 49.7 Å². The van der Waals surface area contributed by atoms with Crippen LogP contribution in [-0.4, -0.2) is 63.3 Å². The molecule has 0 aliphatic carbocycles. The highest BCUT2D eigenvalue weighted by atomic mass is 16.3. The summed E-state index contributed by atoms with van der Waals surface area (Å²) < 4.78 is 0. The molecule has 6 heteroatoms. The fourth-order valence-electron chi connectivity index (χ4n) is 3.74. The summed E-state index contributed by atoms with van der Waals surface area (Å²) in [6.45, 7) is 7.74. The first kappa shape index (κ1) is 15.5. The number of hydrogen-bond donors (Lipinski definition) is 1. The van der Waals surface area contributed by atoms with E-state index in [0.29, 0.717) is 11.9 Å². The summed E-state index contributed by atoms with van der Waals surface area (Å²) in [4.78, 5) is 18.6. The van der Waals surface area contributed by atoms with Crippen LogP contribution in [0, 0.1) is 13.8 Å². The number of aromatic nitrogens is 3. The van der Waals surface area contributed by atoms with E-state index in [2.05, 4.69) is 26.7 Å². The van der Waals surface area contributed by atoms with E-state index in [4.69, 9.17) is 4.98 Å². The summed E-state index contributed by atoms with van der Waals surface area (Å²) in [6.07, 6.45) is 2.44. The Bertz CT molecular complexity index is 736. The average Bonchev–Trinajstić information content (AvgIpc) is 2.97. The Kier molecular flexibility index (Phi) is 3.94. The SMILES string of the molecule is Cc1nc(-c2ccccn2)nc(N2CCN3C[C@H](O)C[C@H]3C2)c1C. The van der Waals surface area contributed by atoms with Crippen molar-refractivity contribution in [3.8, 4) is 11.5 Å². The largest absolute Gasteiger partial charge is 0.392 e. The van der Waals surface area contributed by atoms with Gasteiger partial charge in [0.05, 0.1) is 6.10 Å². The van der Waals surface area contributed by atoms with Gasteiger partial charge in [-0.3, -0.25) is 9.88 Å². The monoisotopic (exact) mass is 325 g/mol. The molecule has 2 aliphatic rings. The maximum absolute atomic E-state index is 9.91. The fourth-order valence-corrected chi connectivity index (χ4v) is 3.74. The molecule has 1 N–H and O–H groups in total. The third kappa shape index (κ3) is 2.76. The van der Waals surface area contributed by atoms with Crippen LogP contribution in [0.5, 0.6) is 0 Å². The lowest BCUT2D eigenvalue weighted by Gasteiger charge is -2.38. The Morgan fingerprint density at radius 1 is 1.12 bits per heavy atom. The molecular formula is C18H23N5O. The molecule has 2 aliphatic heterocycles. The number of fused-ring (bicyclic) bond motifs is 1. The molecule has 0 saturated carbocycles. The number of aryl methyl sites for hydroxylation is 1. The smallest absolute Gasteiger partial charge is 0.180 e. The molecule has 4 rings (SSSR count). The van der Waals surface area contributed by atoms with Gasteiger partial charge in [0.15, 0.2) is 5.82 Å². The number of aliphatic hydroxyl groups is 1. The van der Waals surface area contributed by atoms with Crippen LogP contribution >= 0.6 is 0 Å². The Morgan fingerprint density at radius 3 is 2.79 bits per heavy atom. The highest BCUT2D eigenvalue weighted by molar-refractivity contribution is 5.57. The van der Waals surface area contributed by atoms with Crippen LogP contribution in [-0.2, 0) is 0 Å². The highest BCUT2D eigenvalue weighted by Crippen LogP contribution is 2.28. The van der Waals surface area contributed by atoms with Crippen LogP contribution in [0.1, 0.15) is 17.7 Å². The first-order valence-electron chi connectivity index (χ1n) is 8.55. The highest BCUT2D eigenvalue weighted by Gasteiger charge is 2.36. The molecule has 0 bridgehead atoms. The van der Waals surface area contributed by atoms with Gasteiger partial charge in [-0.2, -0.15) is 0 Å². The van der Waals surface area contributed by atoms with Crippen molar-refractivity contribution in [2.24, 2.45) is 0 Å². The number of anilines is 1. The molecule has 2 atom stereocenters. The lowest BCUT2D eigenvalue weighted by molar-refractivity contribution is 0.173. The molecule has 6 nitrogen and oxygen atoms in total. The first-order valence-corrected chi connectivity index (χ1v) is 8.55. The topological polar surface area (TPSA) is 65.4 Å². The maximum atomic E-state index is 9.91. The quantitative estimate of drug-likeness (QED) is 0.901. The number of nitrogens with zero attached hydrogens (tertiary/aromatic N) is 5. The molecule has 24 heavy (non-hydrogen) atoms. The van der Waals surface area contributed by atoms with Crippen molar-refractivity contribution < 1.29 is 5.11 Å². The first-order chi connectivity index (χ1) is 11.6. The lowest BCUT2D eigenvalue weighted by Crippen LogP contribution is -2.50. The minimum absolute atomic E-state index is 0.188. The van der Waals surface area contributed by atoms with Crippen LogP contribution in [0.2, 0.25) is 0 Å². The summed E-state index contributed by atoms with van der Waals surface area (Å²) >= 11 is 0. The van der Waals surface area contributed by atoms with Crippen molar-refractivity contribution >= 4 is 5.82 Å². The van der Waals surface area contributed by atoms with Crippen LogP contribution < -0.4 is 4.90 Å². The number of hydrogen-bond acceptors (Lipinski definition) is 6. The second-order valence-electron chi connectivity index (χ2n) is 6.78. The Morgan fingerprint density at radius 2 is 2.00 bits per heavy atom. The third-order valence-corrected chi connectivity index (χ3v) is 5.15. The minimum Gasteiger partial charge on any atom is -0.392 e. The number of rotatable bonds is 2. The van der Waals surface area contributed by atoms with Gasteiger partial charge in [0.1, 0.15) is 11.5 Å². The van der Waals surface area contributed by atoms with E-state index in [1.165, 1.54) is 0 Å². The van der Waals surface area contributed by atoms with Crippen molar-refractivity contribution in [2.75, 3.05) is 31.1 Å². The van der Waals surface area contributed by atoms with E-state index < -0.39 is 0 Å². The predicted octanol–water partition coefficient (Wildman–Crippen LogP) is 1.41. The normalized spacial score (nSPS) is 24.2. The van der Waals surface area contributed by atoms with Gasteiger partial charge in [-0.05, 0) is 32.4 Å². The molecule has 2 saturated heterocycles. The van der Waals surface area contributed by atoms with E-state index >= 15 is 0 Å². The minimum atomic E-state index is -0.188. The number of aliphatic hydroxyl groups excluding tert-OH is 1. The van der Waals surface area contributed by atoms with E-state index in [1.54, 1.807) is 6.20 Å². The van der Waals surface area contributed by atoms with Crippen LogP contribution in [0.25, 0.3) is 11.5 Å². The lowest BCUT2D eigenvalue weighted by atomic mass is 10.1. The number of piperazine rings is 1. The van der Waals surface area contributed by atoms with Gasteiger partial charge >= 0.3 is 0 Å². The van der Waals surface area contributed by atoms with Crippen molar-refractivity contribution in [3.05, 3.63) is 35.7 Å². The average molecular weight is 325 g/mol. The maximum Gasteiger partial charge on any atom is 0.180 e. The molecular weight excluding hydrogens is 302 g/mol. The van der Waals surface area contributed by atoms with Gasteiger partial charge in [-0.25, -0.2) is 9.97 Å². The molecule has 2 fully saturated rings. The van der Waals surface area contributed by atoms with Gasteiger partial charge in [-0.1, -0.05) is 6.07 Å². The summed E-state index contributed by atoms with van der Waals surface area (Å²) in [5, 5.41) is 9.91. The van der Waals surface area contributed by atoms with Crippen LogP contribution in [0.4, 0.5) is 5.82 Å². The zero-order valence-electron chi connectivity index (χ0n) is 14.2. The fraction of sp³-hybridized carbons (Fsp3) is 0.500. The van der Waals surface area contributed by atoms with Crippen molar-refractivity contribution in [1.82, 2.24) is 19.9 Å². The molecule has 0 spiro atoms. The molecule has 126 valence electrons. The van der Waals surface area contributed by atoms with E-state index in [-0.39, 0.29) is 6.10 Å². The second kappa shape index (κ2) is 6.11. The van der Waals surface area contributed by atoms with E-state index in [9.17, 15) is 5.11 Å². The summed E-state index contributed by atoms with van der Waals surface area (Å²) in [6, 6.07) is 6.22. The molecule has 0 radical (unpaired) electrons. The van der Waals surface area contributed by atoms with Gasteiger partial charge in [0.2, 0.25) is 0 Å². The van der Waals surface area contributed by atoms with Gasteiger partial charge < -0.3 is 10.0 Å². The van der Waals surface area contributed by atoms with Crippen molar-refractivity contribution in [3.63, 3.8) is 0 Å². The zero-order valence-corrected chi connectivity index (χ0v) is 14.2. The van der Waals surface area contributed by atoms with Crippen LogP contribution in [0.15, 0.2) is 24.4 Å². The number of pyridine rings is 1. The summed E-state index contributed by atoms with van der Waals surface area (Å²) in [5.74, 6) is 1.69.